The number of benzene rings is 1. The molecule has 1 saturated carbocycles. The number of nitrogens with one attached hydrogen (secondary N) is 1. The lowest BCUT2D eigenvalue weighted by molar-refractivity contribution is -0.135. The third-order valence-electron chi connectivity index (χ3n) is 5.44. The molecule has 0 radical (unpaired) electrons. The number of hydrogen-bond acceptors (Lipinski definition) is 6. The molecule has 2 heterocycles. The van der Waals surface area contributed by atoms with Crippen molar-refractivity contribution in [1.82, 2.24) is 14.9 Å². The van der Waals surface area contributed by atoms with Crippen molar-refractivity contribution in [3.05, 3.63) is 41.9 Å². The standard InChI is InChI=1S/C22H23N5O2/c1-14(22(29)27-7-2-8-27)26-19-9-16(5-6-17(19)11-23)20-13-24-18(12-25-20)10-21(28)15-3-4-15/h5-6,9,12-15,26H,2-4,7-8,10H2,1H3/t14-/m0/s1. The second-order valence-electron chi connectivity index (χ2n) is 7.73. The Morgan fingerprint density at radius 3 is 2.66 bits per heavy atom. The normalized spacial score (nSPS) is 16.5. The number of amides is 1. The number of likely N-dealkylation sites (tertiary alicyclic amines) is 1. The molecule has 1 saturated heterocycles. The number of aromatic nitrogens is 2. The lowest BCUT2D eigenvalue weighted by atomic mass is 10.1. The van der Waals surface area contributed by atoms with E-state index in [0.29, 0.717) is 29.1 Å². The molecule has 1 aromatic carbocycles. The molecule has 7 nitrogen and oxygen atoms in total. The van der Waals surface area contributed by atoms with E-state index in [2.05, 4.69) is 21.4 Å². The van der Waals surface area contributed by atoms with Gasteiger partial charge in [-0.15, -0.1) is 0 Å². The Balaban J connectivity index is 1.50. The fourth-order valence-electron chi connectivity index (χ4n) is 3.35. The molecular weight excluding hydrogens is 366 g/mol. The number of nitrogens with zero attached hydrogens (tertiary/aromatic N) is 4. The molecule has 1 amide bonds. The van der Waals surface area contributed by atoms with Crippen LogP contribution in [-0.4, -0.2) is 45.7 Å². The highest BCUT2D eigenvalue weighted by molar-refractivity contribution is 5.86. The molecule has 29 heavy (non-hydrogen) atoms. The van der Waals surface area contributed by atoms with Crippen LogP contribution >= 0.6 is 0 Å². The van der Waals surface area contributed by atoms with E-state index in [1.54, 1.807) is 30.3 Å². The number of ketones is 1. The zero-order valence-corrected chi connectivity index (χ0v) is 16.4. The largest absolute Gasteiger partial charge is 0.373 e. The van der Waals surface area contributed by atoms with Crippen LogP contribution in [0.3, 0.4) is 0 Å². The van der Waals surface area contributed by atoms with Crippen molar-refractivity contribution in [2.24, 2.45) is 5.92 Å². The minimum atomic E-state index is -0.417. The molecule has 2 fully saturated rings. The van der Waals surface area contributed by atoms with Gasteiger partial charge in [-0.05, 0) is 38.3 Å². The van der Waals surface area contributed by atoms with Crippen molar-refractivity contribution < 1.29 is 9.59 Å². The molecule has 1 N–H and O–H groups in total. The van der Waals surface area contributed by atoms with E-state index in [1.807, 2.05) is 12.1 Å². The van der Waals surface area contributed by atoms with Gasteiger partial charge in [-0.3, -0.25) is 19.6 Å². The Hall–Kier alpha value is -3.27. The lowest BCUT2D eigenvalue weighted by Crippen LogP contribution is -2.48. The molecule has 4 rings (SSSR count). The van der Waals surface area contributed by atoms with Crippen LogP contribution in [0, 0.1) is 17.2 Å². The minimum absolute atomic E-state index is 0.0371. The van der Waals surface area contributed by atoms with E-state index in [0.717, 1.165) is 37.9 Å². The first kappa shape index (κ1) is 19.1. The SMILES string of the molecule is C[C@H](Nc1cc(-c2cnc(CC(=O)C3CC3)cn2)ccc1C#N)C(=O)N1CCC1. The van der Waals surface area contributed by atoms with Crippen molar-refractivity contribution in [3.63, 3.8) is 0 Å². The van der Waals surface area contributed by atoms with Crippen LogP contribution in [0.15, 0.2) is 30.6 Å². The Bertz CT molecular complexity index is 972. The number of anilines is 1. The average Bonchev–Trinajstić information content (AvgIpc) is 3.52. The maximum Gasteiger partial charge on any atom is 0.244 e. The maximum atomic E-state index is 12.4. The molecule has 1 aromatic heterocycles. The summed E-state index contributed by atoms with van der Waals surface area (Å²) in [7, 11) is 0. The molecule has 7 heteroatoms. The molecular formula is C22H23N5O2. The molecule has 0 unspecified atom stereocenters. The minimum Gasteiger partial charge on any atom is -0.373 e. The van der Waals surface area contributed by atoms with Crippen molar-refractivity contribution in [2.45, 2.75) is 38.6 Å². The molecule has 1 atom stereocenters. The molecule has 2 aliphatic rings. The summed E-state index contributed by atoms with van der Waals surface area (Å²) >= 11 is 0. The highest BCUT2D eigenvalue weighted by Crippen LogP contribution is 2.31. The van der Waals surface area contributed by atoms with Gasteiger partial charge in [-0.1, -0.05) is 6.07 Å². The summed E-state index contributed by atoms with van der Waals surface area (Å²) in [5, 5.41) is 12.6. The third kappa shape index (κ3) is 4.27. The number of rotatable bonds is 7. The van der Waals surface area contributed by atoms with Crippen LogP contribution in [0.2, 0.25) is 0 Å². The summed E-state index contributed by atoms with van der Waals surface area (Å²) in [6.07, 6.45) is 6.63. The van der Waals surface area contributed by atoms with E-state index < -0.39 is 6.04 Å². The van der Waals surface area contributed by atoms with Gasteiger partial charge in [-0.25, -0.2) is 0 Å². The summed E-state index contributed by atoms with van der Waals surface area (Å²) in [6.45, 7) is 3.39. The van der Waals surface area contributed by atoms with E-state index in [1.165, 1.54) is 0 Å². The second kappa shape index (κ2) is 8.00. The Kier molecular flexibility index (Phi) is 5.26. The van der Waals surface area contributed by atoms with E-state index in [-0.39, 0.29) is 17.6 Å². The summed E-state index contributed by atoms with van der Waals surface area (Å²) in [4.78, 5) is 35.0. The van der Waals surface area contributed by atoms with Gasteiger partial charge in [0.15, 0.2) is 0 Å². The summed E-state index contributed by atoms with van der Waals surface area (Å²) in [5.74, 6) is 0.484. The van der Waals surface area contributed by atoms with Gasteiger partial charge in [-0.2, -0.15) is 5.26 Å². The van der Waals surface area contributed by atoms with Gasteiger partial charge in [0.05, 0.1) is 35.3 Å². The van der Waals surface area contributed by atoms with Crippen molar-refractivity contribution in [2.75, 3.05) is 18.4 Å². The summed E-state index contributed by atoms with van der Waals surface area (Å²) in [6, 6.07) is 7.09. The van der Waals surface area contributed by atoms with Crippen LogP contribution in [0.5, 0.6) is 0 Å². The Morgan fingerprint density at radius 2 is 2.07 bits per heavy atom. The van der Waals surface area contributed by atoms with Crippen LogP contribution in [0.25, 0.3) is 11.3 Å². The molecule has 0 spiro atoms. The lowest BCUT2D eigenvalue weighted by Gasteiger charge is -2.33. The van der Waals surface area contributed by atoms with E-state index in [4.69, 9.17) is 0 Å². The van der Waals surface area contributed by atoms with Crippen molar-refractivity contribution in [3.8, 4) is 17.3 Å². The highest BCUT2D eigenvalue weighted by atomic mass is 16.2. The highest BCUT2D eigenvalue weighted by Gasteiger charge is 2.29. The number of carbonyl (C=O) groups excluding carboxylic acids is 2. The third-order valence-corrected chi connectivity index (χ3v) is 5.44. The first-order valence-electron chi connectivity index (χ1n) is 9.98. The van der Waals surface area contributed by atoms with E-state index in [9.17, 15) is 14.9 Å². The van der Waals surface area contributed by atoms with Crippen LogP contribution < -0.4 is 5.32 Å². The number of nitriles is 1. The van der Waals surface area contributed by atoms with Crippen LogP contribution in [0.1, 0.15) is 37.4 Å². The molecule has 0 bridgehead atoms. The topological polar surface area (TPSA) is 99.0 Å². The fraction of sp³-hybridized carbons (Fsp3) is 0.409. The van der Waals surface area contributed by atoms with Crippen LogP contribution in [-0.2, 0) is 16.0 Å². The van der Waals surface area contributed by atoms with Gasteiger partial charge in [0.2, 0.25) is 5.91 Å². The van der Waals surface area contributed by atoms with Gasteiger partial charge >= 0.3 is 0 Å². The fourth-order valence-corrected chi connectivity index (χ4v) is 3.35. The maximum absolute atomic E-state index is 12.4. The molecule has 148 valence electrons. The van der Waals surface area contributed by atoms with Gasteiger partial charge in [0, 0.05) is 30.8 Å². The van der Waals surface area contributed by atoms with Crippen molar-refractivity contribution in [1.29, 1.82) is 5.26 Å². The quantitative estimate of drug-likeness (QED) is 0.781. The first-order valence-corrected chi connectivity index (χ1v) is 9.98. The van der Waals surface area contributed by atoms with E-state index >= 15 is 0 Å². The monoisotopic (exact) mass is 389 g/mol. The molecule has 1 aliphatic carbocycles. The van der Waals surface area contributed by atoms with Crippen LogP contribution in [0.4, 0.5) is 5.69 Å². The average molecular weight is 389 g/mol. The smallest absolute Gasteiger partial charge is 0.244 e. The summed E-state index contributed by atoms with van der Waals surface area (Å²) in [5.41, 5.74) is 3.19. The Morgan fingerprint density at radius 1 is 1.28 bits per heavy atom. The number of hydrogen-bond donors (Lipinski definition) is 1. The number of Topliss-reactive ketones (excluding diaryl/α,β-unsaturated/α-hetero) is 1. The molecule has 1 aliphatic heterocycles. The molecule has 2 aromatic rings. The first-order chi connectivity index (χ1) is 14.0. The van der Waals surface area contributed by atoms with Crippen molar-refractivity contribution >= 4 is 17.4 Å². The van der Waals surface area contributed by atoms with Gasteiger partial charge < -0.3 is 10.2 Å². The van der Waals surface area contributed by atoms with Gasteiger partial charge in [0.1, 0.15) is 17.9 Å². The Labute approximate surface area is 169 Å². The predicted octanol–water partition coefficient (Wildman–Crippen LogP) is 2.57. The zero-order valence-electron chi connectivity index (χ0n) is 16.4. The predicted molar refractivity (Wildman–Crippen MR) is 108 cm³/mol. The summed E-state index contributed by atoms with van der Waals surface area (Å²) < 4.78 is 0. The zero-order chi connectivity index (χ0) is 20.4. The number of carbonyl (C=O) groups is 2. The second-order valence-corrected chi connectivity index (χ2v) is 7.73. The van der Waals surface area contributed by atoms with Gasteiger partial charge in [0.25, 0.3) is 0 Å².